The molecule has 0 radical (unpaired) electrons. The van der Waals surface area contributed by atoms with Crippen LogP contribution >= 0.6 is 11.3 Å². The molecular weight excluding hydrogens is 354 g/mol. The Morgan fingerprint density at radius 2 is 1.83 bits per heavy atom. The summed E-state index contributed by atoms with van der Waals surface area (Å²) >= 11 is 1.45. The van der Waals surface area contributed by atoms with Gasteiger partial charge in [0.15, 0.2) is 11.6 Å². The van der Waals surface area contributed by atoms with Crippen molar-refractivity contribution in [1.82, 2.24) is 4.98 Å². The summed E-state index contributed by atoms with van der Waals surface area (Å²) in [7, 11) is -4.06. The van der Waals surface area contributed by atoms with Crippen molar-refractivity contribution < 1.29 is 17.2 Å². The summed E-state index contributed by atoms with van der Waals surface area (Å²) in [5.74, 6) is -2.33. The van der Waals surface area contributed by atoms with Crippen LogP contribution in [0.4, 0.5) is 14.5 Å². The second-order valence-corrected chi connectivity index (χ2v) is 7.72. The standard InChI is InChI=1S/C16H12F2N2O2S2/c1-10-19-16(9-23-10)12-4-2-3-5-15(12)20-24(21,22)11-6-7-13(17)14(18)8-11/h2-9,20H,1H3. The Morgan fingerprint density at radius 1 is 1.08 bits per heavy atom. The first-order chi connectivity index (χ1) is 11.4. The van der Waals surface area contributed by atoms with Gasteiger partial charge in [0.05, 0.1) is 21.3 Å². The van der Waals surface area contributed by atoms with E-state index in [1.165, 1.54) is 11.3 Å². The Morgan fingerprint density at radius 3 is 2.50 bits per heavy atom. The van der Waals surface area contributed by atoms with Gasteiger partial charge in [-0.3, -0.25) is 4.72 Å². The van der Waals surface area contributed by atoms with Crippen LogP contribution in [0, 0.1) is 18.6 Å². The Bertz CT molecular complexity index is 1000. The molecule has 3 aromatic rings. The molecule has 0 saturated heterocycles. The van der Waals surface area contributed by atoms with Crippen LogP contribution in [0.2, 0.25) is 0 Å². The van der Waals surface area contributed by atoms with Crippen LogP contribution < -0.4 is 4.72 Å². The number of nitrogens with one attached hydrogen (secondary N) is 1. The summed E-state index contributed by atoms with van der Waals surface area (Å²) in [6.07, 6.45) is 0. The fourth-order valence-electron chi connectivity index (χ4n) is 2.13. The van der Waals surface area contributed by atoms with Gasteiger partial charge in [0.25, 0.3) is 10.0 Å². The average Bonchev–Trinajstić information content (AvgIpc) is 2.96. The van der Waals surface area contributed by atoms with Crippen LogP contribution in [0.15, 0.2) is 52.7 Å². The zero-order valence-electron chi connectivity index (χ0n) is 12.5. The molecule has 0 unspecified atom stereocenters. The minimum absolute atomic E-state index is 0.313. The number of aryl methyl sites for hydroxylation is 1. The summed E-state index contributed by atoms with van der Waals surface area (Å²) in [6, 6.07) is 9.19. The van der Waals surface area contributed by atoms with E-state index in [2.05, 4.69) is 9.71 Å². The molecule has 2 aromatic carbocycles. The number of nitrogens with zero attached hydrogens (tertiary/aromatic N) is 1. The van der Waals surface area contributed by atoms with Crippen molar-refractivity contribution in [3.05, 3.63) is 64.5 Å². The van der Waals surface area contributed by atoms with Crippen molar-refractivity contribution in [3.63, 3.8) is 0 Å². The highest BCUT2D eigenvalue weighted by Crippen LogP contribution is 2.30. The van der Waals surface area contributed by atoms with Gasteiger partial charge in [-0.2, -0.15) is 0 Å². The molecule has 4 nitrogen and oxygen atoms in total. The van der Waals surface area contributed by atoms with Crippen LogP contribution in [-0.4, -0.2) is 13.4 Å². The van der Waals surface area contributed by atoms with E-state index < -0.39 is 21.7 Å². The van der Waals surface area contributed by atoms with Gasteiger partial charge in [0.1, 0.15) is 0 Å². The maximum Gasteiger partial charge on any atom is 0.262 e. The molecule has 0 spiro atoms. The van der Waals surface area contributed by atoms with Crippen LogP contribution in [-0.2, 0) is 10.0 Å². The zero-order valence-corrected chi connectivity index (χ0v) is 14.1. The van der Waals surface area contributed by atoms with Crippen molar-refractivity contribution >= 4 is 27.0 Å². The molecule has 3 rings (SSSR count). The molecule has 0 aliphatic rings. The van der Waals surface area contributed by atoms with Gasteiger partial charge < -0.3 is 0 Å². The molecule has 1 aromatic heterocycles. The maximum atomic E-state index is 13.3. The molecule has 124 valence electrons. The van der Waals surface area contributed by atoms with E-state index in [4.69, 9.17) is 0 Å². The van der Waals surface area contributed by atoms with E-state index in [0.717, 1.165) is 17.1 Å². The lowest BCUT2D eigenvalue weighted by molar-refractivity contribution is 0.504. The smallest absolute Gasteiger partial charge is 0.262 e. The Hall–Kier alpha value is -2.32. The maximum absolute atomic E-state index is 13.3. The van der Waals surface area contributed by atoms with E-state index in [1.807, 2.05) is 12.3 Å². The van der Waals surface area contributed by atoms with Gasteiger partial charge in [-0.25, -0.2) is 22.2 Å². The molecule has 0 fully saturated rings. The number of thiazole rings is 1. The highest BCUT2D eigenvalue weighted by Gasteiger charge is 2.19. The second-order valence-electron chi connectivity index (χ2n) is 4.98. The van der Waals surface area contributed by atoms with Crippen molar-refractivity contribution in [2.24, 2.45) is 0 Å². The van der Waals surface area contributed by atoms with Crippen LogP contribution in [0.1, 0.15) is 5.01 Å². The van der Waals surface area contributed by atoms with Crippen molar-refractivity contribution in [3.8, 4) is 11.3 Å². The van der Waals surface area contributed by atoms with Gasteiger partial charge in [0.2, 0.25) is 0 Å². The normalized spacial score (nSPS) is 11.5. The number of rotatable bonds is 4. The third kappa shape index (κ3) is 3.29. The second kappa shape index (κ2) is 6.29. The van der Waals surface area contributed by atoms with E-state index in [9.17, 15) is 17.2 Å². The Kier molecular flexibility index (Phi) is 4.33. The highest BCUT2D eigenvalue weighted by atomic mass is 32.2. The van der Waals surface area contributed by atoms with Gasteiger partial charge in [0, 0.05) is 10.9 Å². The predicted molar refractivity (Wildman–Crippen MR) is 89.5 cm³/mol. The van der Waals surface area contributed by atoms with Crippen molar-refractivity contribution in [1.29, 1.82) is 0 Å². The van der Waals surface area contributed by atoms with E-state index in [0.29, 0.717) is 23.0 Å². The molecule has 0 atom stereocenters. The number of para-hydroxylation sites is 1. The molecule has 8 heteroatoms. The molecule has 1 N–H and O–H groups in total. The Balaban J connectivity index is 2.00. The van der Waals surface area contributed by atoms with Crippen LogP contribution in [0.25, 0.3) is 11.3 Å². The quantitative estimate of drug-likeness (QED) is 0.753. The third-order valence-corrected chi connectivity index (χ3v) is 5.40. The number of benzene rings is 2. The number of anilines is 1. The first kappa shape index (κ1) is 16.5. The van der Waals surface area contributed by atoms with E-state index in [1.54, 1.807) is 24.3 Å². The average molecular weight is 366 g/mol. The molecule has 24 heavy (non-hydrogen) atoms. The van der Waals surface area contributed by atoms with E-state index >= 15 is 0 Å². The molecule has 0 bridgehead atoms. The zero-order chi connectivity index (χ0) is 17.3. The summed E-state index contributed by atoms with van der Waals surface area (Å²) in [5.41, 5.74) is 1.56. The topological polar surface area (TPSA) is 59.1 Å². The van der Waals surface area contributed by atoms with E-state index in [-0.39, 0.29) is 4.90 Å². The largest absolute Gasteiger partial charge is 0.279 e. The molecular formula is C16H12F2N2O2S2. The highest BCUT2D eigenvalue weighted by molar-refractivity contribution is 7.92. The molecule has 0 aliphatic carbocycles. The predicted octanol–water partition coefficient (Wildman–Crippen LogP) is 4.20. The first-order valence-electron chi connectivity index (χ1n) is 6.86. The summed E-state index contributed by atoms with van der Waals surface area (Å²) in [5, 5.41) is 2.67. The first-order valence-corrected chi connectivity index (χ1v) is 9.22. The van der Waals surface area contributed by atoms with Gasteiger partial charge in [-0.1, -0.05) is 18.2 Å². The molecule has 0 amide bonds. The monoisotopic (exact) mass is 366 g/mol. The summed E-state index contributed by atoms with van der Waals surface area (Å²) < 4.78 is 53.6. The van der Waals surface area contributed by atoms with Crippen LogP contribution in [0.3, 0.4) is 0 Å². The summed E-state index contributed by atoms with van der Waals surface area (Å²) in [6.45, 7) is 1.85. The molecule has 0 aliphatic heterocycles. The lowest BCUT2D eigenvalue weighted by Gasteiger charge is -2.11. The fraction of sp³-hybridized carbons (Fsp3) is 0.0625. The van der Waals surface area contributed by atoms with Gasteiger partial charge in [-0.05, 0) is 31.2 Å². The van der Waals surface area contributed by atoms with Gasteiger partial charge >= 0.3 is 0 Å². The van der Waals surface area contributed by atoms with Gasteiger partial charge in [-0.15, -0.1) is 11.3 Å². The summed E-state index contributed by atoms with van der Waals surface area (Å²) in [4.78, 5) is 3.99. The van der Waals surface area contributed by atoms with Crippen molar-refractivity contribution in [2.75, 3.05) is 4.72 Å². The number of sulfonamides is 1. The minimum atomic E-state index is -4.06. The number of hydrogen-bond acceptors (Lipinski definition) is 4. The lowest BCUT2D eigenvalue weighted by Crippen LogP contribution is -2.14. The molecule has 0 saturated carbocycles. The minimum Gasteiger partial charge on any atom is -0.279 e. The fourth-order valence-corrected chi connectivity index (χ4v) is 3.83. The lowest BCUT2D eigenvalue weighted by atomic mass is 10.1. The van der Waals surface area contributed by atoms with Crippen molar-refractivity contribution in [2.45, 2.75) is 11.8 Å². The number of halogens is 2. The number of hydrogen-bond donors (Lipinski definition) is 1. The third-order valence-electron chi connectivity index (χ3n) is 3.27. The SMILES string of the molecule is Cc1nc(-c2ccccc2NS(=O)(=O)c2ccc(F)c(F)c2)cs1. The Labute approximate surface area is 141 Å². The number of aromatic nitrogens is 1. The molecule has 1 heterocycles. The van der Waals surface area contributed by atoms with Crippen LogP contribution in [0.5, 0.6) is 0 Å².